The number of hydrogen-bond acceptors (Lipinski definition) is 3. The van der Waals surface area contributed by atoms with E-state index < -0.39 is 0 Å². The highest BCUT2D eigenvalue weighted by Crippen LogP contribution is 2.31. The Kier molecular flexibility index (Phi) is 6.31. The lowest BCUT2D eigenvalue weighted by Gasteiger charge is -2.21. The van der Waals surface area contributed by atoms with Crippen molar-refractivity contribution in [1.29, 1.82) is 0 Å². The van der Waals surface area contributed by atoms with Gasteiger partial charge in [-0.05, 0) is 32.0 Å². The van der Waals surface area contributed by atoms with Crippen LogP contribution in [0.15, 0.2) is 29.3 Å². The summed E-state index contributed by atoms with van der Waals surface area (Å²) in [5.41, 5.74) is 7.20. The monoisotopic (exact) mass is 416 g/mol. The van der Waals surface area contributed by atoms with Gasteiger partial charge in [0.25, 0.3) is 0 Å². The Bertz CT molecular complexity index is 523. The Morgan fingerprint density at radius 1 is 1.45 bits per heavy atom. The average molecular weight is 416 g/mol. The molecule has 0 radical (unpaired) electrons. The van der Waals surface area contributed by atoms with Crippen molar-refractivity contribution >= 4 is 29.9 Å². The van der Waals surface area contributed by atoms with Crippen LogP contribution in [-0.4, -0.2) is 43.1 Å². The standard InChI is InChI=1S/C16H24N4O.HI/c1-2-20-9-5-6-12(20)10-18-16(17)19-14-11-21-15-8-4-3-7-13(14)15;/h3-4,7-8,12,14H,2,5-6,9-11H2,1H3,(H3,17,18,19);1H. The first-order valence-corrected chi connectivity index (χ1v) is 7.80. The van der Waals surface area contributed by atoms with E-state index in [-0.39, 0.29) is 30.0 Å². The lowest BCUT2D eigenvalue weighted by molar-refractivity contribution is 0.273. The Labute approximate surface area is 149 Å². The molecule has 2 atom stereocenters. The summed E-state index contributed by atoms with van der Waals surface area (Å²) in [6, 6.07) is 8.72. The Morgan fingerprint density at radius 3 is 3.09 bits per heavy atom. The molecular formula is C16H25IN4O. The normalized spacial score (nSPS) is 24.5. The molecule has 0 spiro atoms. The number of fused-ring (bicyclic) bond motifs is 1. The number of nitrogens with two attached hydrogens (primary N) is 1. The maximum Gasteiger partial charge on any atom is 0.189 e. The molecule has 22 heavy (non-hydrogen) atoms. The summed E-state index contributed by atoms with van der Waals surface area (Å²) in [4.78, 5) is 7.00. The molecule has 1 saturated heterocycles. The van der Waals surface area contributed by atoms with Gasteiger partial charge < -0.3 is 15.8 Å². The van der Waals surface area contributed by atoms with Gasteiger partial charge in [-0.3, -0.25) is 9.89 Å². The van der Waals surface area contributed by atoms with Crippen LogP contribution in [0.5, 0.6) is 5.75 Å². The SMILES string of the molecule is CCN1CCCC1CN=C(N)NC1COc2ccccc21.I. The number of hydrogen-bond donors (Lipinski definition) is 2. The average Bonchev–Trinajstić information content (AvgIpc) is 3.12. The predicted molar refractivity (Wildman–Crippen MR) is 100.0 cm³/mol. The summed E-state index contributed by atoms with van der Waals surface area (Å²) in [6.07, 6.45) is 2.49. The maximum atomic E-state index is 6.04. The van der Waals surface area contributed by atoms with Crippen molar-refractivity contribution in [3.8, 4) is 5.75 Å². The molecule has 3 rings (SSSR count). The van der Waals surface area contributed by atoms with Crippen LogP contribution in [0.25, 0.3) is 0 Å². The minimum Gasteiger partial charge on any atom is -0.491 e. The minimum atomic E-state index is 0. The number of likely N-dealkylation sites (N-methyl/N-ethyl adjacent to an activating group) is 1. The molecule has 0 bridgehead atoms. The molecule has 3 N–H and O–H groups in total. The highest BCUT2D eigenvalue weighted by molar-refractivity contribution is 14.0. The van der Waals surface area contributed by atoms with Crippen molar-refractivity contribution in [3.05, 3.63) is 29.8 Å². The highest BCUT2D eigenvalue weighted by atomic mass is 127. The first-order chi connectivity index (χ1) is 10.3. The third-order valence-corrected chi connectivity index (χ3v) is 4.40. The molecule has 0 amide bonds. The van der Waals surface area contributed by atoms with Gasteiger partial charge in [-0.25, -0.2) is 0 Å². The molecule has 0 saturated carbocycles. The number of rotatable bonds is 4. The zero-order valence-corrected chi connectivity index (χ0v) is 15.3. The van der Waals surface area contributed by atoms with E-state index in [0.717, 1.165) is 24.4 Å². The van der Waals surface area contributed by atoms with E-state index in [1.807, 2.05) is 18.2 Å². The van der Waals surface area contributed by atoms with Crippen LogP contribution in [-0.2, 0) is 0 Å². The van der Waals surface area contributed by atoms with Crippen molar-refractivity contribution < 1.29 is 4.74 Å². The van der Waals surface area contributed by atoms with E-state index in [1.165, 1.54) is 19.4 Å². The summed E-state index contributed by atoms with van der Waals surface area (Å²) in [7, 11) is 0. The van der Waals surface area contributed by atoms with E-state index in [0.29, 0.717) is 18.6 Å². The van der Waals surface area contributed by atoms with Gasteiger partial charge in [0.1, 0.15) is 12.4 Å². The molecular weight excluding hydrogens is 391 g/mol. The van der Waals surface area contributed by atoms with E-state index in [2.05, 4.69) is 28.2 Å². The van der Waals surface area contributed by atoms with Crippen LogP contribution < -0.4 is 15.8 Å². The lowest BCUT2D eigenvalue weighted by atomic mass is 10.1. The molecule has 1 fully saturated rings. The molecule has 2 aliphatic rings. The molecule has 0 aliphatic carbocycles. The molecule has 122 valence electrons. The number of guanidine groups is 1. The number of nitrogens with zero attached hydrogens (tertiary/aromatic N) is 2. The summed E-state index contributed by atoms with van der Waals surface area (Å²) >= 11 is 0. The lowest BCUT2D eigenvalue weighted by Crippen LogP contribution is -2.38. The first-order valence-electron chi connectivity index (χ1n) is 7.80. The molecule has 2 aliphatic heterocycles. The van der Waals surface area contributed by atoms with Gasteiger partial charge in [-0.1, -0.05) is 25.1 Å². The van der Waals surface area contributed by atoms with Crippen LogP contribution in [0.2, 0.25) is 0 Å². The van der Waals surface area contributed by atoms with Crippen LogP contribution in [0.4, 0.5) is 0 Å². The topological polar surface area (TPSA) is 62.9 Å². The smallest absolute Gasteiger partial charge is 0.189 e. The molecule has 5 nitrogen and oxygen atoms in total. The van der Waals surface area contributed by atoms with Crippen LogP contribution >= 0.6 is 24.0 Å². The highest BCUT2D eigenvalue weighted by Gasteiger charge is 2.25. The third-order valence-electron chi connectivity index (χ3n) is 4.40. The number of ether oxygens (including phenoxy) is 1. The van der Waals surface area contributed by atoms with Crippen molar-refractivity contribution in [1.82, 2.24) is 10.2 Å². The van der Waals surface area contributed by atoms with Crippen molar-refractivity contribution in [3.63, 3.8) is 0 Å². The van der Waals surface area contributed by atoms with E-state index >= 15 is 0 Å². The number of para-hydroxylation sites is 1. The zero-order valence-electron chi connectivity index (χ0n) is 13.0. The van der Waals surface area contributed by atoms with E-state index in [1.54, 1.807) is 0 Å². The summed E-state index contributed by atoms with van der Waals surface area (Å²) in [5.74, 6) is 1.46. The van der Waals surface area contributed by atoms with Crippen LogP contribution in [0.3, 0.4) is 0 Å². The van der Waals surface area contributed by atoms with Crippen molar-refractivity contribution in [2.24, 2.45) is 10.7 Å². The molecule has 2 heterocycles. The van der Waals surface area contributed by atoms with Crippen LogP contribution in [0, 0.1) is 0 Å². The molecule has 6 heteroatoms. The Balaban J connectivity index is 0.00000176. The van der Waals surface area contributed by atoms with Gasteiger partial charge in [0.2, 0.25) is 0 Å². The number of aliphatic imine (C=N–C) groups is 1. The second kappa shape index (κ2) is 8.01. The zero-order chi connectivity index (χ0) is 14.7. The summed E-state index contributed by atoms with van der Waals surface area (Å²) < 4.78 is 5.64. The molecule has 1 aromatic carbocycles. The fourth-order valence-electron chi connectivity index (χ4n) is 3.23. The second-order valence-electron chi connectivity index (χ2n) is 5.70. The number of halogens is 1. The van der Waals surface area contributed by atoms with E-state index in [9.17, 15) is 0 Å². The predicted octanol–water partition coefficient (Wildman–Crippen LogP) is 2.13. The van der Waals surface area contributed by atoms with Gasteiger partial charge in [0, 0.05) is 11.6 Å². The number of benzene rings is 1. The summed E-state index contributed by atoms with van der Waals surface area (Å²) in [6.45, 7) is 5.88. The Hall–Kier alpha value is -1.02. The fourth-order valence-corrected chi connectivity index (χ4v) is 3.23. The molecule has 0 aromatic heterocycles. The van der Waals surface area contributed by atoms with Gasteiger partial charge in [-0.2, -0.15) is 0 Å². The molecule has 2 unspecified atom stereocenters. The van der Waals surface area contributed by atoms with E-state index in [4.69, 9.17) is 10.5 Å². The maximum absolute atomic E-state index is 6.04. The minimum absolute atomic E-state index is 0. The van der Waals surface area contributed by atoms with Gasteiger partial charge in [0.05, 0.1) is 12.6 Å². The van der Waals surface area contributed by atoms with Crippen molar-refractivity contribution in [2.45, 2.75) is 31.8 Å². The van der Waals surface area contributed by atoms with Gasteiger partial charge in [0.15, 0.2) is 5.96 Å². The van der Waals surface area contributed by atoms with Gasteiger partial charge >= 0.3 is 0 Å². The third kappa shape index (κ3) is 3.84. The summed E-state index contributed by atoms with van der Waals surface area (Å²) in [5, 5.41) is 3.28. The number of likely N-dealkylation sites (tertiary alicyclic amines) is 1. The van der Waals surface area contributed by atoms with Crippen LogP contribution in [0.1, 0.15) is 31.4 Å². The van der Waals surface area contributed by atoms with Crippen molar-refractivity contribution in [2.75, 3.05) is 26.2 Å². The quantitative estimate of drug-likeness (QED) is 0.449. The largest absolute Gasteiger partial charge is 0.491 e. The second-order valence-corrected chi connectivity index (χ2v) is 5.70. The van der Waals surface area contributed by atoms with Gasteiger partial charge in [-0.15, -0.1) is 24.0 Å². The first kappa shape index (κ1) is 17.3. The molecule has 1 aromatic rings. The number of nitrogens with one attached hydrogen (secondary N) is 1. The Morgan fingerprint density at radius 2 is 2.27 bits per heavy atom. The fraction of sp³-hybridized carbons (Fsp3) is 0.562.